The molecule has 2 aliphatic rings. The van der Waals surface area contributed by atoms with Crippen LogP contribution in [0.25, 0.3) is 0 Å². The van der Waals surface area contributed by atoms with Gasteiger partial charge in [0.25, 0.3) is 0 Å². The second kappa shape index (κ2) is 5.78. The van der Waals surface area contributed by atoms with Crippen molar-refractivity contribution in [3.05, 3.63) is 59.7 Å². The fourth-order valence-electron chi connectivity index (χ4n) is 3.98. The zero-order chi connectivity index (χ0) is 16.7. The molecule has 24 heavy (non-hydrogen) atoms. The van der Waals surface area contributed by atoms with E-state index in [0.717, 1.165) is 23.4 Å². The van der Waals surface area contributed by atoms with Crippen LogP contribution < -0.4 is 14.8 Å². The van der Waals surface area contributed by atoms with Gasteiger partial charge < -0.3 is 19.9 Å². The smallest absolute Gasteiger partial charge is 0.160 e. The zero-order valence-electron chi connectivity index (χ0n) is 13.8. The molecule has 3 atom stereocenters. The number of para-hydroxylation sites is 1. The van der Waals surface area contributed by atoms with Crippen molar-refractivity contribution in [2.75, 3.05) is 19.5 Å². The summed E-state index contributed by atoms with van der Waals surface area (Å²) in [7, 11) is 3.28. The number of methoxy groups -OCH3 is 2. The highest BCUT2D eigenvalue weighted by Gasteiger charge is 2.39. The lowest BCUT2D eigenvalue weighted by Crippen LogP contribution is -2.29. The summed E-state index contributed by atoms with van der Waals surface area (Å²) in [6, 6.07) is 11.9. The van der Waals surface area contributed by atoms with Crippen LogP contribution in [0, 0.1) is 5.92 Å². The van der Waals surface area contributed by atoms with Gasteiger partial charge in [0.1, 0.15) is 5.75 Å². The van der Waals surface area contributed by atoms with E-state index in [2.05, 4.69) is 23.5 Å². The molecule has 0 amide bonds. The predicted octanol–water partition coefficient (Wildman–Crippen LogP) is 4.24. The van der Waals surface area contributed by atoms with Gasteiger partial charge in [-0.15, -0.1) is 0 Å². The molecule has 4 nitrogen and oxygen atoms in total. The van der Waals surface area contributed by atoms with E-state index in [0.29, 0.717) is 17.6 Å². The first-order valence-corrected chi connectivity index (χ1v) is 8.20. The summed E-state index contributed by atoms with van der Waals surface area (Å²) >= 11 is 0. The number of aromatic hydroxyl groups is 1. The molecule has 1 heterocycles. The highest BCUT2D eigenvalue weighted by atomic mass is 16.5. The molecular formula is C20H21NO3. The summed E-state index contributed by atoms with van der Waals surface area (Å²) in [5.74, 6) is 2.35. The van der Waals surface area contributed by atoms with Gasteiger partial charge in [0.15, 0.2) is 11.5 Å². The first-order chi connectivity index (χ1) is 11.7. The van der Waals surface area contributed by atoms with Crippen molar-refractivity contribution in [1.29, 1.82) is 0 Å². The molecule has 0 fully saturated rings. The van der Waals surface area contributed by atoms with E-state index in [1.807, 2.05) is 24.3 Å². The van der Waals surface area contributed by atoms with Crippen molar-refractivity contribution in [2.45, 2.75) is 18.4 Å². The summed E-state index contributed by atoms with van der Waals surface area (Å²) in [5, 5.41) is 13.6. The molecular weight excluding hydrogens is 302 g/mol. The average Bonchev–Trinajstić information content (AvgIpc) is 3.11. The molecule has 2 aromatic rings. The Balaban J connectivity index is 1.80. The number of phenolic OH excluding ortho intramolecular Hbond substituents is 1. The standard InChI is InChI=1S/C20H21NO3/c1-23-17-8-4-7-15-13-5-3-6-14(13)19(21-20(15)17)12-9-10-16(22)18(11-12)24-2/h3-5,7-11,13-14,19,21-22H,6H2,1-2H3. The lowest BCUT2D eigenvalue weighted by atomic mass is 9.77. The lowest BCUT2D eigenvalue weighted by molar-refractivity contribution is 0.369. The normalized spacial score (nSPS) is 24.0. The molecule has 0 bridgehead atoms. The number of fused-ring (bicyclic) bond motifs is 3. The molecule has 0 saturated heterocycles. The van der Waals surface area contributed by atoms with Crippen LogP contribution in [-0.2, 0) is 0 Å². The highest BCUT2D eigenvalue weighted by Crippen LogP contribution is 2.52. The molecule has 0 saturated carbocycles. The van der Waals surface area contributed by atoms with Gasteiger partial charge in [0, 0.05) is 5.92 Å². The summed E-state index contributed by atoms with van der Waals surface area (Å²) in [6.07, 6.45) is 5.59. The molecule has 0 aromatic heterocycles. The molecule has 2 N–H and O–H groups in total. The fraction of sp³-hybridized carbons (Fsp3) is 0.300. The van der Waals surface area contributed by atoms with Gasteiger partial charge in [-0.05, 0) is 41.7 Å². The van der Waals surface area contributed by atoms with Crippen LogP contribution in [-0.4, -0.2) is 19.3 Å². The van der Waals surface area contributed by atoms with Gasteiger partial charge >= 0.3 is 0 Å². The number of ether oxygens (including phenoxy) is 2. The number of rotatable bonds is 3. The van der Waals surface area contributed by atoms with E-state index in [-0.39, 0.29) is 11.8 Å². The largest absolute Gasteiger partial charge is 0.504 e. The fourth-order valence-corrected chi connectivity index (χ4v) is 3.98. The van der Waals surface area contributed by atoms with Crippen molar-refractivity contribution in [2.24, 2.45) is 5.92 Å². The minimum atomic E-state index is 0.142. The third-order valence-electron chi connectivity index (χ3n) is 5.14. The number of anilines is 1. The zero-order valence-corrected chi connectivity index (χ0v) is 13.8. The molecule has 4 heteroatoms. The third kappa shape index (κ3) is 2.21. The van der Waals surface area contributed by atoms with Crippen LogP contribution in [0.1, 0.15) is 29.5 Å². The first kappa shape index (κ1) is 14.9. The van der Waals surface area contributed by atoms with Gasteiger partial charge in [-0.25, -0.2) is 0 Å². The van der Waals surface area contributed by atoms with E-state index in [1.54, 1.807) is 20.3 Å². The lowest BCUT2D eigenvalue weighted by Gasteiger charge is -2.38. The van der Waals surface area contributed by atoms with Crippen molar-refractivity contribution in [1.82, 2.24) is 0 Å². The monoisotopic (exact) mass is 323 g/mol. The van der Waals surface area contributed by atoms with Crippen molar-refractivity contribution in [3.8, 4) is 17.2 Å². The van der Waals surface area contributed by atoms with E-state index >= 15 is 0 Å². The van der Waals surface area contributed by atoms with Crippen LogP contribution >= 0.6 is 0 Å². The summed E-state index contributed by atoms with van der Waals surface area (Å²) in [6.45, 7) is 0. The second-order valence-electron chi connectivity index (χ2n) is 6.33. The topological polar surface area (TPSA) is 50.7 Å². The number of allylic oxidation sites excluding steroid dienone is 2. The summed E-state index contributed by atoms with van der Waals surface area (Å²) in [4.78, 5) is 0. The Hall–Kier alpha value is -2.62. The van der Waals surface area contributed by atoms with Crippen molar-refractivity contribution < 1.29 is 14.6 Å². The highest BCUT2D eigenvalue weighted by molar-refractivity contribution is 5.67. The molecule has 2 aromatic carbocycles. The quantitative estimate of drug-likeness (QED) is 0.830. The summed E-state index contributed by atoms with van der Waals surface area (Å²) < 4.78 is 10.8. The van der Waals surface area contributed by atoms with Gasteiger partial charge in [-0.3, -0.25) is 0 Å². The van der Waals surface area contributed by atoms with Gasteiger partial charge in [-0.1, -0.05) is 30.4 Å². The van der Waals surface area contributed by atoms with Crippen molar-refractivity contribution >= 4 is 5.69 Å². The Morgan fingerprint density at radius 2 is 1.92 bits per heavy atom. The second-order valence-corrected chi connectivity index (χ2v) is 6.33. The Labute approximate surface area is 141 Å². The minimum Gasteiger partial charge on any atom is -0.504 e. The Morgan fingerprint density at radius 1 is 1.08 bits per heavy atom. The van der Waals surface area contributed by atoms with E-state index in [1.165, 1.54) is 5.56 Å². The van der Waals surface area contributed by atoms with Gasteiger partial charge in [0.2, 0.25) is 0 Å². The maximum atomic E-state index is 9.88. The molecule has 124 valence electrons. The first-order valence-electron chi connectivity index (χ1n) is 8.20. The number of nitrogens with one attached hydrogen (secondary N) is 1. The molecule has 0 spiro atoms. The average molecular weight is 323 g/mol. The minimum absolute atomic E-state index is 0.142. The number of benzene rings is 2. The number of hydrogen-bond donors (Lipinski definition) is 2. The van der Waals surface area contributed by atoms with E-state index in [4.69, 9.17) is 9.47 Å². The molecule has 0 radical (unpaired) electrons. The SMILES string of the molecule is COc1cc(C2Nc3c(OC)cccc3C3C=CCC32)ccc1O. The predicted molar refractivity (Wildman–Crippen MR) is 94.0 cm³/mol. The molecule has 1 aliphatic carbocycles. The van der Waals surface area contributed by atoms with Gasteiger partial charge in [0.05, 0.1) is 25.9 Å². The maximum Gasteiger partial charge on any atom is 0.160 e. The van der Waals surface area contributed by atoms with E-state index < -0.39 is 0 Å². The van der Waals surface area contributed by atoms with Crippen LogP contribution in [0.15, 0.2) is 48.6 Å². The van der Waals surface area contributed by atoms with Gasteiger partial charge in [-0.2, -0.15) is 0 Å². The summed E-state index contributed by atoms with van der Waals surface area (Å²) in [5.41, 5.74) is 3.46. The van der Waals surface area contributed by atoms with E-state index in [9.17, 15) is 5.11 Å². The Morgan fingerprint density at radius 3 is 2.71 bits per heavy atom. The molecule has 4 rings (SSSR count). The van der Waals surface area contributed by atoms with Crippen LogP contribution in [0.4, 0.5) is 5.69 Å². The molecule has 1 aliphatic heterocycles. The third-order valence-corrected chi connectivity index (χ3v) is 5.14. The molecule has 3 unspecified atom stereocenters. The number of phenols is 1. The van der Waals surface area contributed by atoms with Crippen LogP contribution in [0.3, 0.4) is 0 Å². The Bertz CT molecular complexity index is 799. The van der Waals surface area contributed by atoms with Crippen LogP contribution in [0.5, 0.6) is 17.2 Å². The maximum absolute atomic E-state index is 9.88. The number of hydrogen-bond acceptors (Lipinski definition) is 4. The van der Waals surface area contributed by atoms with Crippen molar-refractivity contribution in [3.63, 3.8) is 0 Å². The Kier molecular flexibility index (Phi) is 3.60. The van der Waals surface area contributed by atoms with Crippen LogP contribution in [0.2, 0.25) is 0 Å².